The van der Waals surface area contributed by atoms with Gasteiger partial charge in [-0.2, -0.15) is 10.5 Å². The fraction of sp³-hybridized carbons (Fsp3) is 0.588. The fourth-order valence-corrected chi connectivity index (χ4v) is 3.87. The van der Waals surface area contributed by atoms with Gasteiger partial charge in [0.2, 0.25) is 0 Å². The summed E-state index contributed by atoms with van der Waals surface area (Å²) < 4.78 is 10.7. The highest BCUT2D eigenvalue weighted by molar-refractivity contribution is 6.32. The second-order valence-corrected chi connectivity index (χ2v) is 6.60. The number of methoxy groups -OCH3 is 1. The summed E-state index contributed by atoms with van der Waals surface area (Å²) in [6, 6.07) is 3.73. The number of carbonyl (C=O) groups is 1. The number of carboxylic acid groups (broad SMARTS) is 1. The number of hydrogen-bond acceptors (Lipinski definition) is 5. The average molecular weight is 366 g/mol. The maximum atomic E-state index is 12.1. The molecule has 1 saturated carbocycles. The molecule has 2 aliphatic carbocycles. The lowest BCUT2D eigenvalue weighted by molar-refractivity contribution is -0.142. The maximum absolute atomic E-state index is 12.1. The Morgan fingerprint density at radius 3 is 2.60 bits per heavy atom. The first-order valence-corrected chi connectivity index (χ1v) is 8.31. The lowest BCUT2D eigenvalue weighted by atomic mass is 9.74. The van der Waals surface area contributed by atoms with Crippen molar-refractivity contribution in [3.8, 4) is 12.1 Å². The molecule has 25 heavy (non-hydrogen) atoms. The third-order valence-electron chi connectivity index (χ3n) is 4.91. The molecule has 2 aliphatic rings. The van der Waals surface area contributed by atoms with Crippen LogP contribution in [0.15, 0.2) is 22.8 Å². The Labute approximate surface area is 151 Å². The molecule has 1 amide bonds. The molecule has 0 spiro atoms. The van der Waals surface area contributed by atoms with Crippen molar-refractivity contribution in [1.82, 2.24) is 4.90 Å². The van der Waals surface area contributed by atoms with E-state index in [1.54, 1.807) is 0 Å². The summed E-state index contributed by atoms with van der Waals surface area (Å²) in [5.74, 6) is 0. The molecular formula is C17H20ClN3O4. The van der Waals surface area contributed by atoms with Crippen molar-refractivity contribution in [2.75, 3.05) is 13.9 Å². The minimum absolute atomic E-state index is 0.0136. The van der Waals surface area contributed by atoms with Crippen LogP contribution >= 0.6 is 11.6 Å². The normalized spacial score (nSPS) is 29.3. The molecule has 2 atom stereocenters. The highest BCUT2D eigenvalue weighted by atomic mass is 35.5. The Balaban J connectivity index is 2.64. The zero-order chi connectivity index (χ0) is 18.7. The van der Waals surface area contributed by atoms with Crippen LogP contribution in [0.2, 0.25) is 0 Å². The van der Waals surface area contributed by atoms with Gasteiger partial charge in [-0.1, -0.05) is 24.4 Å². The molecule has 0 aromatic carbocycles. The standard InChI is InChI=1S/C17H20ClN3O4/c1-16(25-11-24-2)14(18)12(9-19)7-8-17(16,10-20)21(15(22)23)13-5-3-4-6-13/h7-8,13H,3-6,11H2,1-2H3,(H,22,23). The number of allylic oxidation sites excluding steroid dienone is 2. The van der Waals surface area contributed by atoms with Gasteiger partial charge >= 0.3 is 6.09 Å². The van der Waals surface area contributed by atoms with E-state index in [1.165, 1.54) is 26.2 Å². The van der Waals surface area contributed by atoms with E-state index in [0.29, 0.717) is 12.8 Å². The van der Waals surface area contributed by atoms with Crippen molar-refractivity contribution in [3.05, 3.63) is 22.8 Å². The topological polar surface area (TPSA) is 107 Å². The number of amides is 1. The van der Waals surface area contributed by atoms with Gasteiger partial charge in [-0.15, -0.1) is 0 Å². The Morgan fingerprint density at radius 1 is 1.48 bits per heavy atom. The van der Waals surface area contributed by atoms with Gasteiger partial charge in [0.05, 0.1) is 16.7 Å². The summed E-state index contributed by atoms with van der Waals surface area (Å²) in [6.07, 6.45) is 4.67. The predicted molar refractivity (Wildman–Crippen MR) is 89.5 cm³/mol. The quantitative estimate of drug-likeness (QED) is 0.750. The summed E-state index contributed by atoms with van der Waals surface area (Å²) >= 11 is 6.40. The molecule has 0 heterocycles. The molecule has 134 valence electrons. The monoisotopic (exact) mass is 365 g/mol. The van der Waals surface area contributed by atoms with Crippen LogP contribution < -0.4 is 0 Å². The first-order valence-electron chi connectivity index (χ1n) is 7.94. The Kier molecular flexibility index (Phi) is 5.74. The zero-order valence-corrected chi connectivity index (χ0v) is 14.9. The van der Waals surface area contributed by atoms with E-state index in [4.69, 9.17) is 21.1 Å². The molecule has 2 unspecified atom stereocenters. The predicted octanol–water partition coefficient (Wildman–Crippen LogP) is 3.14. The van der Waals surface area contributed by atoms with Gasteiger partial charge in [0.15, 0.2) is 5.54 Å². The summed E-state index contributed by atoms with van der Waals surface area (Å²) in [4.78, 5) is 13.2. The van der Waals surface area contributed by atoms with Crippen molar-refractivity contribution in [3.63, 3.8) is 0 Å². The van der Waals surface area contributed by atoms with Crippen LogP contribution in [-0.4, -0.2) is 47.2 Å². The van der Waals surface area contributed by atoms with E-state index >= 15 is 0 Å². The van der Waals surface area contributed by atoms with Crippen LogP contribution in [0.4, 0.5) is 4.79 Å². The van der Waals surface area contributed by atoms with E-state index in [1.807, 2.05) is 6.07 Å². The minimum atomic E-state index is -1.70. The number of nitriles is 2. The van der Waals surface area contributed by atoms with Crippen LogP contribution in [-0.2, 0) is 9.47 Å². The lowest BCUT2D eigenvalue weighted by Gasteiger charge is -2.50. The highest BCUT2D eigenvalue weighted by Gasteiger charge is 2.60. The Hall–Kier alpha value is -2.06. The SMILES string of the molecule is COCOC1(C)C(Cl)=C(C#N)C=CC1(C#N)N(C(=O)O)C1CCCC1. The van der Waals surface area contributed by atoms with Gasteiger partial charge < -0.3 is 14.6 Å². The van der Waals surface area contributed by atoms with E-state index in [2.05, 4.69) is 6.07 Å². The molecule has 0 saturated heterocycles. The largest absolute Gasteiger partial charge is 0.465 e. The third kappa shape index (κ3) is 3.00. The van der Waals surface area contributed by atoms with Crippen molar-refractivity contribution in [2.45, 2.75) is 49.8 Å². The number of halogens is 1. The summed E-state index contributed by atoms with van der Waals surface area (Å²) in [5.41, 5.74) is -3.15. The highest BCUT2D eigenvalue weighted by Crippen LogP contribution is 2.47. The van der Waals surface area contributed by atoms with Gasteiger partial charge in [0, 0.05) is 13.2 Å². The van der Waals surface area contributed by atoms with E-state index < -0.39 is 17.2 Å². The lowest BCUT2D eigenvalue weighted by Crippen LogP contribution is -2.67. The number of nitrogens with zero attached hydrogens (tertiary/aromatic N) is 3. The van der Waals surface area contributed by atoms with Crippen LogP contribution in [0.25, 0.3) is 0 Å². The molecule has 2 rings (SSSR count). The average Bonchev–Trinajstić information content (AvgIpc) is 3.11. The molecule has 1 fully saturated rings. The van der Waals surface area contributed by atoms with E-state index in [0.717, 1.165) is 17.7 Å². The van der Waals surface area contributed by atoms with Crippen LogP contribution in [0.3, 0.4) is 0 Å². The second-order valence-electron chi connectivity index (χ2n) is 6.23. The van der Waals surface area contributed by atoms with Crippen LogP contribution in [0, 0.1) is 22.7 Å². The molecule has 8 heteroatoms. The molecule has 0 bridgehead atoms. The second kappa shape index (κ2) is 7.45. The van der Waals surface area contributed by atoms with Crippen molar-refractivity contribution >= 4 is 17.7 Å². The maximum Gasteiger partial charge on any atom is 0.409 e. The Morgan fingerprint density at radius 2 is 2.12 bits per heavy atom. The molecule has 0 aliphatic heterocycles. The fourth-order valence-electron chi connectivity index (χ4n) is 3.56. The summed E-state index contributed by atoms with van der Waals surface area (Å²) in [6.45, 7) is 1.31. The first kappa shape index (κ1) is 19.3. The molecule has 0 aromatic heterocycles. The third-order valence-corrected chi connectivity index (χ3v) is 5.47. The minimum Gasteiger partial charge on any atom is -0.465 e. The molecule has 0 aromatic rings. The number of hydrogen-bond donors (Lipinski definition) is 1. The van der Waals surface area contributed by atoms with Crippen molar-refractivity contribution in [2.24, 2.45) is 0 Å². The summed E-state index contributed by atoms with van der Waals surface area (Å²) in [5, 5.41) is 29.2. The van der Waals surface area contributed by atoms with Gasteiger partial charge in [0.25, 0.3) is 0 Å². The summed E-state index contributed by atoms with van der Waals surface area (Å²) in [7, 11) is 1.41. The zero-order valence-electron chi connectivity index (χ0n) is 14.2. The van der Waals surface area contributed by atoms with Crippen molar-refractivity contribution < 1.29 is 19.4 Å². The first-order chi connectivity index (χ1) is 11.9. The van der Waals surface area contributed by atoms with Crippen LogP contribution in [0.1, 0.15) is 32.6 Å². The van der Waals surface area contributed by atoms with Gasteiger partial charge in [-0.3, -0.25) is 4.90 Å². The van der Waals surface area contributed by atoms with Gasteiger partial charge in [-0.25, -0.2) is 4.79 Å². The number of ether oxygens (including phenoxy) is 2. The molecule has 1 N–H and O–H groups in total. The van der Waals surface area contributed by atoms with E-state index in [-0.39, 0.29) is 23.4 Å². The number of rotatable bonds is 5. The van der Waals surface area contributed by atoms with Gasteiger partial charge in [0.1, 0.15) is 18.5 Å². The Bertz CT molecular complexity index is 687. The molecular weight excluding hydrogens is 346 g/mol. The van der Waals surface area contributed by atoms with E-state index in [9.17, 15) is 20.4 Å². The van der Waals surface area contributed by atoms with Crippen molar-refractivity contribution in [1.29, 1.82) is 10.5 Å². The van der Waals surface area contributed by atoms with Gasteiger partial charge in [-0.05, 0) is 31.9 Å². The smallest absolute Gasteiger partial charge is 0.409 e. The van der Waals surface area contributed by atoms with Crippen LogP contribution in [0.5, 0.6) is 0 Å². The molecule has 7 nitrogen and oxygen atoms in total. The molecule has 0 radical (unpaired) electrons.